The van der Waals surface area contributed by atoms with Crippen LogP contribution in [0.25, 0.3) is 0 Å². The van der Waals surface area contributed by atoms with Crippen LogP contribution in [0.4, 0.5) is 8.78 Å². The molecule has 0 aliphatic rings. The molecule has 1 nitrogen and oxygen atoms in total. The summed E-state index contributed by atoms with van der Waals surface area (Å²) < 4.78 is 27.5. The van der Waals surface area contributed by atoms with E-state index in [9.17, 15) is 8.78 Å². The van der Waals surface area contributed by atoms with E-state index in [1.807, 2.05) is 0 Å². The molecule has 0 saturated heterocycles. The van der Waals surface area contributed by atoms with Crippen LogP contribution in [-0.2, 0) is 5.92 Å². The van der Waals surface area contributed by atoms with Crippen molar-refractivity contribution >= 4 is 15.9 Å². The second kappa shape index (κ2) is 4.84. The molecule has 4 heteroatoms. The smallest absolute Gasteiger partial charge is 0.286 e. The quantitative estimate of drug-likeness (QED) is 0.880. The van der Waals surface area contributed by atoms with E-state index < -0.39 is 5.92 Å². The molecule has 0 radical (unpaired) electrons. The molecule has 0 spiro atoms. The topological polar surface area (TPSA) is 12.0 Å². The van der Waals surface area contributed by atoms with Gasteiger partial charge in [0.25, 0.3) is 5.92 Å². The Morgan fingerprint density at radius 2 is 2.00 bits per heavy atom. The summed E-state index contributed by atoms with van der Waals surface area (Å²) in [7, 11) is 0. The van der Waals surface area contributed by atoms with Crippen molar-refractivity contribution in [2.45, 2.75) is 12.8 Å². The zero-order valence-electron chi connectivity index (χ0n) is 7.86. The van der Waals surface area contributed by atoms with Crippen molar-refractivity contribution in [3.8, 4) is 0 Å². The zero-order chi connectivity index (χ0) is 10.6. The van der Waals surface area contributed by atoms with Gasteiger partial charge >= 0.3 is 0 Å². The lowest BCUT2D eigenvalue weighted by atomic mass is 10.1. The highest BCUT2D eigenvalue weighted by atomic mass is 79.9. The van der Waals surface area contributed by atoms with E-state index in [1.54, 1.807) is 25.1 Å². The maximum atomic E-state index is 13.5. The van der Waals surface area contributed by atoms with Crippen LogP contribution >= 0.6 is 15.9 Å². The number of nitrogens with one attached hydrogen (secondary N) is 1. The van der Waals surface area contributed by atoms with Gasteiger partial charge in [0, 0.05) is 10.0 Å². The second-order valence-corrected chi connectivity index (χ2v) is 3.82. The molecule has 0 aliphatic carbocycles. The van der Waals surface area contributed by atoms with Crippen molar-refractivity contribution in [1.29, 1.82) is 0 Å². The van der Waals surface area contributed by atoms with Crippen molar-refractivity contribution < 1.29 is 8.78 Å². The number of alkyl halides is 2. The Morgan fingerprint density at radius 1 is 1.36 bits per heavy atom. The van der Waals surface area contributed by atoms with Crippen LogP contribution in [0.1, 0.15) is 12.5 Å². The van der Waals surface area contributed by atoms with E-state index in [2.05, 4.69) is 21.2 Å². The molecule has 0 heterocycles. The number of hydrogen-bond donors (Lipinski definition) is 1. The normalized spacial score (nSPS) is 11.7. The first kappa shape index (κ1) is 11.6. The Morgan fingerprint density at radius 3 is 2.57 bits per heavy atom. The Labute approximate surface area is 90.6 Å². The van der Waals surface area contributed by atoms with Gasteiger partial charge in [0.1, 0.15) is 0 Å². The molecule has 0 aromatic heterocycles. The van der Waals surface area contributed by atoms with Crippen LogP contribution in [-0.4, -0.2) is 13.1 Å². The fourth-order valence-corrected chi connectivity index (χ4v) is 1.71. The summed E-state index contributed by atoms with van der Waals surface area (Å²) in [5.41, 5.74) is 0.0287. The van der Waals surface area contributed by atoms with Gasteiger partial charge in [-0.1, -0.05) is 41.1 Å². The third-order valence-electron chi connectivity index (χ3n) is 1.86. The third-order valence-corrected chi connectivity index (χ3v) is 2.56. The predicted octanol–water partition coefficient (Wildman–Crippen LogP) is 3.15. The molecule has 1 aromatic rings. The van der Waals surface area contributed by atoms with Gasteiger partial charge in [0.2, 0.25) is 0 Å². The monoisotopic (exact) mass is 263 g/mol. The van der Waals surface area contributed by atoms with Gasteiger partial charge in [-0.3, -0.25) is 0 Å². The van der Waals surface area contributed by atoms with Crippen molar-refractivity contribution in [2.75, 3.05) is 13.1 Å². The van der Waals surface area contributed by atoms with Gasteiger partial charge in [-0.15, -0.1) is 0 Å². The average molecular weight is 264 g/mol. The van der Waals surface area contributed by atoms with Crippen LogP contribution in [0.5, 0.6) is 0 Å². The molecular formula is C10H12BrF2N. The minimum Gasteiger partial charge on any atom is -0.311 e. The van der Waals surface area contributed by atoms with Crippen LogP contribution < -0.4 is 5.32 Å². The van der Waals surface area contributed by atoms with Crippen LogP contribution in [0.3, 0.4) is 0 Å². The molecule has 1 N–H and O–H groups in total. The largest absolute Gasteiger partial charge is 0.311 e. The lowest BCUT2D eigenvalue weighted by molar-refractivity contribution is -0.00333. The van der Waals surface area contributed by atoms with Gasteiger partial charge < -0.3 is 5.32 Å². The molecule has 0 amide bonds. The molecule has 14 heavy (non-hydrogen) atoms. The number of likely N-dealkylation sites (N-methyl/N-ethyl adjacent to an activating group) is 1. The van der Waals surface area contributed by atoms with Crippen molar-refractivity contribution in [1.82, 2.24) is 5.32 Å². The summed E-state index contributed by atoms with van der Waals surface area (Å²) >= 11 is 3.12. The van der Waals surface area contributed by atoms with Gasteiger partial charge in [0.05, 0.1) is 6.54 Å². The van der Waals surface area contributed by atoms with E-state index >= 15 is 0 Å². The highest BCUT2D eigenvalue weighted by Crippen LogP contribution is 2.32. The van der Waals surface area contributed by atoms with Crippen LogP contribution in [0.15, 0.2) is 28.7 Å². The van der Waals surface area contributed by atoms with Crippen molar-refractivity contribution in [3.05, 3.63) is 34.3 Å². The average Bonchev–Trinajstić information content (AvgIpc) is 2.15. The number of hydrogen-bond acceptors (Lipinski definition) is 1. The Kier molecular flexibility index (Phi) is 4.01. The Balaban J connectivity index is 2.86. The van der Waals surface area contributed by atoms with Crippen LogP contribution in [0, 0.1) is 0 Å². The first-order chi connectivity index (χ1) is 6.58. The minimum atomic E-state index is -2.82. The van der Waals surface area contributed by atoms with E-state index in [-0.39, 0.29) is 12.1 Å². The fourth-order valence-electron chi connectivity index (χ4n) is 1.14. The number of halogens is 3. The molecule has 78 valence electrons. The fraction of sp³-hybridized carbons (Fsp3) is 0.400. The molecule has 0 fully saturated rings. The summed E-state index contributed by atoms with van der Waals surface area (Å²) in [4.78, 5) is 0. The standard InChI is InChI=1S/C10H12BrF2N/c1-2-14-7-10(12,13)8-5-3-4-6-9(8)11/h3-6,14H,2,7H2,1H3. The minimum absolute atomic E-state index is 0.0287. The SMILES string of the molecule is CCNCC(F)(F)c1ccccc1Br. The third kappa shape index (κ3) is 2.75. The lowest BCUT2D eigenvalue weighted by Gasteiger charge is -2.18. The molecule has 0 bridgehead atoms. The molecule has 0 saturated carbocycles. The summed E-state index contributed by atoms with van der Waals surface area (Å²) in [5, 5.41) is 2.64. The second-order valence-electron chi connectivity index (χ2n) is 2.96. The van der Waals surface area contributed by atoms with E-state index in [1.165, 1.54) is 6.07 Å². The van der Waals surface area contributed by atoms with E-state index in [0.29, 0.717) is 11.0 Å². The Hall–Kier alpha value is -0.480. The van der Waals surface area contributed by atoms with E-state index in [0.717, 1.165) is 0 Å². The first-order valence-corrected chi connectivity index (χ1v) is 5.21. The van der Waals surface area contributed by atoms with Gasteiger partial charge in [-0.2, -0.15) is 8.78 Å². The van der Waals surface area contributed by atoms with Crippen LogP contribution in [0.2, 0.25) is 0 Å². The Bertz CT molecular complexity index is 302. The lowest BCUT2D eigenvalue weighted by Crippen LogP contribution is -2.30. The molecule has 0 unspecified atom stereocenters. The molecule has 1 aromatic carbocycles. The number of rotatable bonds is 4. The highest BCUT2D eigenvalue weighted by Gasteiger charge is 2.32. The molecule has 0 aliphatic heterocycles. The van der Waals surface area contributed by atoms with Gasteiger partial charge in [0.15, 0.2) is 0 Å². The predicted molar refractivity (Wildman–Crippen MR) is 56.6 cm³/mol. The van der Waals surface area contributed by atoms with Crippen molar-refractivity contribution in [2.24, 2.45) is 0 Å². The number of benzene rings is 1. The maximum Gasteiger partial charge on any atom is 0.286 e. The van der Waals surface area contributed by atoms with Gasteiger partial charge in [-0.25, -0.2) is 0 Å². The maximum absolute atomic E-state index is 13.5. The summed E-state index contributed by atoms with van der Waals surface area (Å²) in [5.74, 6) is -2.82. The molecule has 0 atom stereocenters. The molecule has 1 rings (SSSR count). The highest BCUT2D eigenvalue weighted by molar-refractivity contribution is 9.10. The molecular weight excluding hydrogens is 252 g/mol. The summed E-state index contributed by atoms with van der Waals surface area (Å²) in [6, 6.07) is 6.38. The summed E-state index contributed by atoms with van der Waals surface area (Å²) in [6.07, 6.45) is 0. The van der Waals surface area contributed by atoms with E-state index in [4.69, 9.17) is 0 Å². The zero-order valence-corrected chi connectivity index (χ0v) is 9.44. The first-order valence-electron chi connectivity index (χ1n) is 4.41. The summed E-state index contributed by atoms with van der Waals surface area (Å²) in [6.45, 7) is 2.02. The van der Waals surface area contributed by atoms with Crippen molar-refractivity contribution in [3.63, 3.8) is 0 Å². The van der Waals surface area contributed by atoms with Gasteiger partial charge in [-0.05, 0) is 12.6 Å².